The van der Waals surface area contributed by atoms with Gasteiger partial charge in [0.15, 0.2) is 0 Å². The number of fused-ring (bicyclic) bond motifs is 1. The van der Waals surface area contributed by atoms with Gasteiger partial charge in [-0.15, -0.1) is 11.3 Å². The lowest BCUT2D eigenvalue weighted by molar-refractivity contribution is 0.841. The first-order valence-corrected chi connectivity index (χ1v) is 11.2. The lowest BCUT2D eigenvalue weighted by Gasteiger charge is -2.15. The predicted molar refractivity (Wildman–Crippen MR) is 127 cm³/mol. The highest BCUT2D eigenvalue weighted by molar-refractivity contribution is 7.19. The highest BCUT2D eigenvalue weighted by Crippen LogP contribution is 2.36. The number of hydrogen-bond acceptors (Lipinski definition) is 3. The molecule has 1 aliphatic rings. The SMILES string of the molecule is Cc1cc(-n2ccnc2)ccc1-c1cc2sc(C#N)cc2n1CC1=C/C=C\CC/C=C\1. The standard InChI is InChI=1S/C26H22N4S/c1-19-13-21(29-12-11-28-18-29)9-10-23(19)24-15-26-25(14-22(16-27)31-26)30(24)17-20-7-5-3-2-4-6-8-20/h3,5-15,18H,2,4,17H2,1H3/b5-3-,8-6-,20-7+. The summed E-state index contributed by atoms with van der Waals surface area (Å²) in [5.41, 5.74) is 7.07. The number of benzene rings is 1. The molecule has 3 heterocycles. The molecule has 5 rings (SSSR count). The number of allylic oxidation sites excluding steroid dienone is 6. The second kappa shape index (κ2) is 8.25. The molecule has 31 heavy (non-hydrogen) atoms. The summed E-state index contributed by atoms with van der Waals surface area (Å²) in [7, 11) is 0. The molecule has 152 valence electrons. The van der Waals surface area contributed by atoms with E-state index in [0.29, 0.717) is 0 Å². The Balaban J connectivity index is 1.62. The van der Waals surface area contributed by atoms with Crippen LogP contribution in [0.5, 0.6) is 0 Å². The largest absolute Gasteiger partial charge is 0.335 e. The smallest absolute Gasteiger partial charge is 0.110 e. The van der Waals surface area contributed by atoms with E-state index >= 15 is 0 Å². The quantitative estimate of drug-likeness (QED) is 0.373. The lowest BCUT2D eigenvalue weighted by atomic mass is 10.0. The molecule has 0 atom stereocenters. The van der Waals surface area contributed by atoms with Crippen molar-refractivity contribution in [1.29, 1.82) is 5.26 Å². The summed E-state index contributed by atoms with van der Waals surface area (Å²) < 4.78 is 5.51. The van der Waals surface area contributed by atoms with Crippen molar-refractivity contribution in [3.05, 3.63) is 95.4 Å². The van der Waals surface area contributed by atoms with E-state index in [4.69, 9.17) is 0 Å². The molecular weight excluding hydrogens is 400 g/mol. The van der Waals surface area contributed by atoms with Crippen LogP contribution in [0, 0.1) is 18.3 Å². The number of nitriles is 1. The van der Waals surface area contributed by atoms with Gasteiger partial charge in [0.25, 0.3) is 0 Å². The van der Waals surface area contributed by atoms with Gasteiger partial charge in [0, 0.05) is 30.2 Å². The molecular formula is C26H22N4S. The number of rotatable bonds is 4. The normalized spacial score (nSPS) is 17.5. The minimum Gasteiger partial charge on any atom is -0.335 e. The zero-order valence-corrected chi connectivity index (χ0v) is 18.1. The summed E-state index contributed by atoms with van der Waals surface area (Å²) in [6.45, 7) is 2.92. The molecule has 0 radical (unpaired) electrons. The van der Waals surface area contributed by atoms with Gasteiger partial charge in [-0.1, -0.05) is 36.4 Å². The topological polar surface area (TPSA) is 46.5 Å². The highest BCUT2D eigenvalue weighted by atomic mass is 32.1. The highest BCUT2D eigenvalue weighted by Gasteiger charge is 2.16. The van der Waals surface area contributed by atoms with Crippen molar-refractivity contribution in [2.24, 2.45) is 0 Å². The van der Waals surface area contributed by atoms with Crippen LogP contribution in [0.25, 0.3) is 27.2 Å². The summed E-state index contributed by atoms with van der Waals surface area (Å²) in [5.74, 6) is 0. The van der Waals surface area contributed by atoms with Crippen molar-refractivity contribution in [3.63, 3.8) is 0 Å². The van der Waals surface area contributed by atoms with E-state index in [9.17, 15) is 5.26 Å². The Morgan fingerprint density at radius 2 is 2.06 bits per heavy atom. The Hall–Kier alpha value is -3.62. The molecule has 3 aromatic heterocycles. The fourth-order valence-electron chi connectivity index (χ4n) is 4.06. The predicted octanol–water partition coefficient (Wildman–Crippen LogP) is 6.57. The summed E-state index contributed by atoms with van der Waals surface area (Å²) in [6, 6.07) is 13.1. The van der Waals surface area contributed by atoms with Crippen LogP contribution >= 0.6 is 11.3 Å². The zero-order chi connectivity index (χ0) is 21.2. The van der Waals surface area contributed by atoms with Crippen molar-refractivity contribution in [1.82, 2.24) is 14.1 Å². The maximum Gasteiger partial charge on any atom is 0.110 e. The molecule has 5 heteroatoms. The van der Waals surface area contributed by atoms with Gasteiger partial charge < -0.3 is 9.13 Å². The molecule has 0 saturated carbocycles. The fraction of sp³-hybridized carbons (Fsp3) is 0.154. The first-order valence-electron chi connectivity index (χ1n) is 10.4. The van der Waals surface area contributed by atoms with Gasteiger partial charge in [0.05, 0.1) is 22.2 Å². The van der Waals surface area contributed by atoms with Crippen LogP contribution in [0.3, 0.4) is 0 Å². The van der Waals surface area contributed by atoms with Gasteiger partial charge in [-0.25, -0.2) is 4.98 Å². The van der Waals surface area contributed by atoms with Gasteiger partial charge >= 0.3 is 0 Å². The van der Waals surface area contributed by atoms with Crippen LogP contribution in [0.1, 0.15) is 23.3 Å². The Bertz CT molecular complexity index is 1370. The number of imidazole rings is 1. The molecule has 0 bridgehead atoms. The first kappa shape index (κ1) is 19.3. The summed E-state index contributed by atoms with van der Waals surface area (Å²) in [4.78, 5) is 4.91. The van der Waals surface area contributed by atoms with Crippen LogP contribution in [0.2, 0.25) is 0 Å². The van der Waals surface area contributed by atoms with Gasteiger partial charge in [0.2, 0.25) is 0 Å². The Morgan fingerprint density at radius 1 is 1.16 bits per heavy atom. The molecule has 4 nitrogen and oxygen atoms in total. The Labute approximate surface area is 185 Å². The van der Waals surface area contributed by atoms with Crippen molar-refractivity contribution < 1.29 is 0 Å². The Kier molecular flexibility index (Phi) is 5.15. The van der Waals surface area contributed by atoms with E-state index in [1.54, 1.807) is 17.5 Å². The number of thiophene rings is 1. The second-order valence-electron chi connectivity index (χ2n) is 7.71. The minimum atomic E-state index is 0.750. The third kappa shape index (κ3) is 3.78. The average Bonchev–Trinajstić information content (AvgIpc) is 3.47. The van der Waals surface area contributed by atoms with Crippen LogP contribution in [-0.4, -0.2) is 14.1 Å². The summed E-state index contributed by atoms with van der Waals surface area (Å²) in [6.07, 6.45) is 18.7. The van der Waals surface area contributed by atoms with E-state index in [1.807, 2.05) is 23.2 Å². The molecule has 4 aromatic rings. The molecule has 0 saturated heterocycles. The van der Waals surface area contributed by atoms with Gasteiger partial charge in [-0.05, 0) is 55.2 Å². The number of aryl methyl sites for hydroxylation is 1. The van der Waals surface area contributed by atoms with E-state index in [2.05, 4.69) is 77.2 Å². The van der Waals surface area contributed by atoms with Crippen molar-refractivity contribution >= 4 is 21.6 Å². The molecule has 1 aliphatic carbocycles. The monoisotopic (exact) mass is 422 g/mol. The fourth-order valence-corrected chi connectivity index (χ4v) is 4.95. The molecule has 0 amide bonds. The van der Waals surface area contributed by atoms with Crippen molar-refractivity contribution in [3.8, 4) is 23.0 Å². The van der Waals surface area contributed by atoms with E-state index in [1.165, 1.54) is 22.4 Å². The number of hydrogen-bond donors (Lipinski definition) is 0. The molecule has 0 unspecified atom stereocenters. The van der Waals surface area contributed by atoms with Gasteiger partial charge in [-0.3, -0.25) is 0 Å². The lowest BCUT2D eigenvalue weighted by Crippen LogP contribution is -2.03. The van der Waals surface area contributed by atoms with E-state index < -0.39 is 0 Å². The molecule has 0 fully saturated rings. The molecule has 0 spiro atoms. The van der Waals surface area contributed by atoms with Crippen molar-refractivity contribution in [2.45, 2.75) is 26.3 Å². The van der Waals surface area contributed by atoms with Gasteiger partial charge in [0.1, 0.15) is 10.9 Å². The Morgan fingerprint density at radius 3 is 2.87 bits per heavy atom. The van der Waals surface area contributed by atoms with Crippen molar-refractivity contribution in [2.75, 3.05) is 0 Å². The second-order valence-corrected chi connectivity index (χ2v) is 8.79. The number of aromatic nitrogens is 3. The van der Waals surface area contributed by atoms with Gasteiger partial charge in [-0.2, -0.15) is 5.26 Å². The number of nitrogens with zero attached hydrogens (tertiary/aromatic N) is 4. The average molecular weight is 423 g/mol. The molecule has 1 aromatic carbocycles. The maximum absolute atomic E-state index is 9.40. The van der Waals surface area contributed by atoms with E-state index in [0.717, 1.165) is 40.2 Å². The minimum absolute atomic E-state index is 0.750. The summed E-state index contributed by atoms with van der Waals surface area (Å²) in [5, 5.41) is 9.40. The van der Waals surface area contributed by atoms with Crippen LogP contribution in [0.15, 0.2) is 85.0 Å². The van der Waals surface area contributed by atoms with Crippen LogP contribution < -0.4 is 0 Å². The third-order valence-electron chi connectivity index (χ3n) is 5.61. The van der Waals surface area contributed by atoms with Crippen LogP contribution in [0.4, 0.5) is 0 Å². The first-order chi connectivity index (χ1) is 15.2. The summed E-state index contributed by atoms with van der Waals surface area (Å²) >= 11 is 1.56. The maximum atomic E-state index is 9.40. The third-order valence-corrected chi connectivity index (χ3v) is 6.58. The molecule has 0 aliphatic heterocycles. The van der Waals surface area contributed by atoms with E-state index in [-0.39, 0.29) is 0 Å². The van der Waals surface area contributed by atoms with Crippen LogP contribution in [-0.2, 0) is 6.54 Å². The zero-order valence-electron chi connectivity index (χ0n) is 17.3. The molecule has 0 N–H and O–H groups in total.